The number of carboxylic acid groups (broad SMARTS) is 1. The van der Waals surface area contributed by atoms with Crippen LogP contribution in [-0.4, -0.2) is 49.5 Å². The number of hydrogen-bond acceptors (Lipinski definition) is 4. The SMILES string of the molecule is CCn1nnc2cc(C(=O)N(CC(=O)O)C3CC3)ccc21. The third-order valence-corrected chi connectivity index (χ3v) is 3.61. The van der Waals surface area contributed by atoms with E-state index in [1.54, 1.807) is 22.9 Å². The molecule has 1 aliphatic rings. The molecule has 1 aromatic heterocycles. The molecule has 0 unspecified atom stereocenters. The summed E-state index contributed by atoms with van der Waals surface area (Å²) in [5.74, 6) is -1.25. The molecule has 0 aliphatic heterocycles. The van der Waals surface area contributed by atoms with E-state index < -0.39 is 5.97 Å². The molecule has 1 saturated carbocycles. The number of amides is 1. The normalized spacial score (nSPS) is 14.3. The highest BCUT2D eigenvalue weighted by atomic mass is 16.4. The molecule has 0 radical (unpaired) electrons. The van der Waals surface area contributed by atoms with Gasteiger partial charge in [-0.05, 0) is 38.0 Å². The lowest BCUT2D eigenvalue weighted by molar-refractivity contribution is -0.137. The minimum absolute atomic E-state index is 0.0515. The topological polar surface area (TPSA) is 88.3 Å². The van der Waals surface area contributed by atoms with E-state index >= 15 is 0 Å². The monoisotopic (exact) mass is 288 g/mol. The molecule has 21 heavy (non-hydrogen) atoms. The fraction of sp³-hybridized carbons (Fsp3) is 0.429. The number of rotatable bonds is 5. The number of aryl methyl sites for hydroxylation is 1. The van der Waals surface area contributed by atoms with E-state index in [4.69, 9.17) is 5.11 Å². The number of benzene rings is 1. The Morgan fingerprint density at radius 3 is 2.81 bits per heavy atom. The molecule has 3 rings (SSSR count). The fourth-order valence-corrected chi connectivity index (χ4v) is 2.40. The molecule has 0 saturated heterocycles. The predicted molar refractivity (Wildman–Crippen MR) is 74.9 cm³/mol. The summed E-state index contributed by atoms with van der Waals surface area (Å²) >= 11 is 0. The molecular formula is C14H16N4O3. The lowest BCUT2D eigenvalue weighted by atomic mass is 10.1. The molecule has 0 bridgehead atoms. The van der Waals surface area contributed by atoms with Crippen molar-refractivity contribution in [2.75, 3.05) is 6.54 Å². The van der Waals surface area contributed by atoms with Crippen LogP contribution in [0.15, 0.2) is 18.2 Å². The Morgan fingerprint density at radius 2 is 2.19 bits per heavy atom. The summed E-state index contributed by atoms with van der Waals surface area (Å²) in [6.45, 7) is 2.41. The molecule has 0 atom stereocenters. The molecule has 110 valence electrons. The Morgan fingerprint density at radius 1 is 1.43 bits per heavy atom. The zero-order valence-electron chi connectivity index (χ0n) is 11.7. The summed E-state index contributed by atoms with van der Waals surface area (Å²) in [4.78, 5) is 24.8. The van der Waals surface area contributed by atoms with E-state index in [1.165, 1.54) is 4.90 Å². The second kappa shape index (κ2) is 5.16. The van der Waals surface area contributed by atoms with Gasteiger partial charge in [0.2, 0.25) is 0 Å². The van der Waals surface area contributed by atoms with E-state index in [-0.39, 0.29) is 18.5 Å². The number of aromatic nitrogens is 3. The maximum atomic E-state index is 12.5. The summed E-state index contributed by atoms with van der Waals surface area (Å²) in [5, 5.41) is 17.0. The highest BCUT2D eigenvalue weighted by molar-refractivity contribution is 5.98. The number of carboxylic acids is 1. The molecule has 0 spiro atoms. The number of aliphatic carboxylic acids is 1. The largest absolute Gasteiger partial charge is 0.480 e. The highest BCUT2D eigenvalue weighted by Gasteiger charge is 2.34. The molecule has 1 aromatic carbocycles. The second-order valence-corrected chi connectivity index (χ2v) is 5.17. The quantitative estimate of drug-likeness (QED) is 0.891. The van der Waals surface area contributed by atoms with Crippen molar-refractivity contribution in [2.24, 2.45) is 0 Å². The third kappa shape index (κ3) is 2.58. The highest BCUT2D eigenvalue weighted by Crippen LogP contribution is 2.28. The smallest absolute Gasteiger partial charge is 0.323 e. The zero-order valence-corrected chi connectivity index (χ0v) is 11.7. The van der Waals surface area contributed by atoms with Gasteiger partial charge in [0.1, 0.15) is 12.1 Å². The minimum atomic E-state index is -0.992. The van der Waals surface area contributed by atoms with Gasteiger partial charge in [-0.15, -0.1) is 5.10 Å². The van der Waals surface area contributed by atoms with Crippen molar-refractivity contribution in [1.29, 1.82) is 0 Å². The summed E-state index contributed by atoms with van der Waals surface area (Å²) in [7, 11) is 0. The van der Waals surface area contributed by atoms with E-state index in [0.717, 1.165) is 18.4 Å². The standard InChI is InChI=1S/C14H16N4O3/c1-2-18-12-6-3-9(7-11(12)15-16-18)14(21)17(8-13(19)20)10-4-5-10/h3,6-7,10H,2,4-5,8H2,1H3,(H,19,20). The minimum Gasteiger partial charge on any atom is -0.480 e. The number of carbonyl (C=O) groups excluding carboxylic acids is 1. The maximum Gasteiger partial charge on any atom is 0.323 e. The van der Waals surface area contributed by atoms with Gasteiger partial charge in [-0.25, -0.2) is 4.68 Å². The molecule has 1 amide bonds. The van der Waals surface area contributed by atoms with Gasteiger partial charge in [-0.1, -0.05) is 5.21 Å². The Labute approximate surface area is 121 Å². The van der Waals surface area contributed by atoms with E-state index in [2.05, 4.69) is 10.3 Å². The Bertz CT molecular complexity index is 705. The maximum absolute atomic E-state index is 12.5. The molecule has 1 aliphatic carbocycles. The van der Waals surface area contributed by atoms with Crippen molar-refractivity contribution in [2.45, 2.75) is 32.4 Å². The van der Waals surface area contributed by atoms with Crippen LogP contribution >= 0.6 is 0 Å². The first-order valence-electron chi connectivity index (χ1n) is 6.96. The summed E-state index contributed by atoms with van der Waals surface area (Å²) in [6, 6.07) is 5.24. The van der Waals surface area contributed by atoms with Crippen LogP contribution < -0.4 is 0 Å². The second-order valence-electron chi connectivity index (χ2n) is 5.17. The van der Waals surface area contributed by atoms with Crippen LogP contribution in [0.3, 0.4) is 0 Å². The average molecular weight is 288 g/mol. The number of hydrogen-bond donors (Lipinski definition) is 1. The van der Waals surface area contributed by atoms with Gasteiger partial charge >= 0.3 is 5.97 Å². The van der Waals surface area contributed by atoms with E-state index in [0.29, 0.717) is 17.6 Å². The number of fused-ring (bicyclic) bond motifs is 1. The Balaban J connectivity index is 1.91. The van der Waals surface area contributed by atoms with Gasteiger partial charge in [0, 0.05) is 18.2 Å². The third-order valence-electron chi connectivity index (χ3n) is 3.61. The first kappa shape index (κ1) is 13.5. The van der Waals surface area contributed by atoms with Crippen molar-refractivity contribution in [3.63, 3.8) is 0 Å². The van der Waals surface area contributed by atoms with Crippen LogP contribution in [0.25, 0.3) is 11.0 Å². The molecular weight excluding hydrogens is 272 g/mol. The van der Waals surface area contributed by atoms with Crippen LogP contribution in [0.1, 0.15) is 30.1 Å². The van der Waals surface area contributed by atoms with Gasteiger partial charge < -0.3 is 10.0 Å². The number of nitrogens with zero attached hydrogens (tertiary/aromatic N) is 4. The van der Waals surface area contributed by atoms with Crippen LogP contribution in [0.4, 0.5) is 0 Å². The van der Waals surface area contributed by atoms with Crippen molar-refractivity contribution in [1.82, 2.24) is 19.9 Å². The molecule has 1 fully saturated rings. The van der Waals surface area contributed by atoms with Crippen molar-refractivity contribution >= 4 is 22.9 Å². The summed E-state index contributed by atoms with van der Waals surface area (Å²) in [5.41, 5.74) is 1.97. The van der Waals surface area contributed by atoms with Gasteiger partial charge in [-0.3, -0.25) is 9.59 Å². The van der Waals surface area contributed by atoms with Crippen molar-refractivity contribution < 1.29 is 14.7 Å². The fourth-order valence-electron chi connectivity index (χ4n) is 2.40. The summed E-state index contributed by atoms with van der Waals surface area (Å²) < 4.78 is 1.75. The molecule has 7 heteroatoms. The molecule has 1 heterocycles. The van der Waals surface area contributed by atoms with E-state index in [9.17, 15) is 9.59 Å². The van der Waals surface area contributed by atoms with Crippen molar-refractivity contribution in [3.8, 4) is 0 Å². The van der Waals surface area contributed by atoms with Crippen molar-refractivity contribution in [3.05, 3.63) is 23.8 Å². The van der Waals surface area contributed by atoms with Gasteiger partial charge in [-0.2, -0.15) is 0 Å². The average Bonchev–Trinajstić information content (AvgIpc) is 3.23. The van der Waals surface area contributed by atoms with E-state index in [1.807, 2.05) is 6.92 Å². The first-order chi connectivity index (χ1) is 10.1. The van der Waals surface area contributed by atoms with Crippen LogP contribution in [0, 0.1) is 0 Å². The molecule has 1 N–H and O–H groups in total. The Kier molecular flexibility index (Phi) is 3.32. The number of carbonyl (C=O) groups is 2. The molecule has 7 nitrogen and oxygen atoms in total. The zero-order chi connectivity index (χ0) is 15.0. The lowest BCUT2D eigenvalue weighted by Gasteiger charge is -2.20. The van der Waals surface area contributed by atoms with Gasteiger partial charge in [0.05, 0.1) is 5.52 Å². The van der Waals surface area contributed by atoms with Crippen LogP contribution in [0.5, 0.6) is 0 Å². The van der Waals surface area contributed by atoms with Crippen LogP contribution in [-0.2, 0) is 11.3 Å². The molecule has 2 aromatic rings. The van der Waals surface area contributed by atoms with Crippen LogP contribution in [0.2, 0.25) is 0 Å². The first-order valence-corrected chi connectivity index (χ1v) is 6.96. The van der Waals surface area contributed by atoms with Gasteiger partial charge in [0.25, 0.3) is 5.91 Å². The van der Waals surface area contributed by atoms with Gasteiger partial charge in [0.15, 0.2) is 0 Å². The summed E-state index contributed by atoms with van der Waals surface area (Å²) in [6.07, 6.45) is 1.74. The predicted octanol–water partition coefficient (Wildman–Crippen LogP) is 1.14. The Hall–Kier alpha value is -2.44. The lowest BCUT2D eigenvalue weighted by Crippen LogP contribution is -2.37.